The molecule has 0 aromatic heterocycles. The number of hydrogen-bond acceptors (Lipinski definition) is 4. The van der Waals surface area contributed by atoms with Gasteiger partial charge < -0.3 is 15.4 Å². The number of halogens is 1. The minimum atomic E-state index is 0. The molecule has 5 nitrogen and oxygen atoms in total. The third-order valence-corrected chi connectivity index (χ3v) is 5.99. The smallest absolute Gasteiger partial charge is 0.225 e. The van der Waals surface area contributed by atoms with E-state index in [9.17, 15) is 4.79 Å². The summed E-state index contributed by atoms with van der Waals surface area (Å²) in [4.78, 5) is 17.1. The number of hydrogen-bond donors (Lipinski definition) is 1. The lowest BCUT2D eigenvalue weighted by Gasteiger charge is -2.44. The monoisotopic (exact) mass is 345 g/mol. The second-order valence-electron chi connectivity index (χ2n) is 7.41. The molecule has 0 radical (unpaired) electrons. The Morgan fingerprint density at radius 3 is 2.43 bits per heavy atom. The first-order valence-corrected chi connectivity index (χ1v) is 8.96. The molecule has 1 aliphatic heterocycles. The third kappa shape index (κ3) is 4.59. The summed E-state index contributed by atoms with van der Waals surface area (Å²) in [5.41, 5.74) is 6.34. The molecule has 1 amide bonds. The van der Waals surface area contributed by atoms with Gasteiger partial charge in [-0.25, -0.2) is 0 Å². The Bertz CT molecular complexity index is 376. The number of rotatable bonds is 4. The van der Waals surface area contributed by atoms with Crippen LogP contribution in [0.5, 0.6) is 0 Å². The summed E-state index contributed by atoms with van der Waals surface area (Å²) in [5, 5.41) is 0. The van der Waals surface area contributed by atoms with E-state index in [1.54, 1.807) is 0 Å². The minimum Gasteiger partial charge on any atom is -0.379 e. The lowest BCUT2D eigenvalue weighted by atomic mass is 9.65. The van der Waals surface area contributed by atoms with Crippen molar-refractivity contribution in [3.05, 3.63) is 0 Å². The van der Waals surface area contributed by atoms with Gasteiger partial charge >= 0.3 is 0 Å². The average Bonchev–Trinajstić information content (AvgIpc) is 2.52. The van der Waals surface area contributed by atoms with Crippen molar-refractivity contribution in [3.63, 3.8) is 0 Å². The van der Waals surface area contributed by atoms with Crippen LogP contribution in [-0.4, -0.2) is 68.2 Å². The highest BCUT2D eigenvalue weighted by molar-refractivity contribution is 5.85. The summed E-state index contributed by atoms with van der Waals surface area (Å²) in [7, 11) is 1.97. The van der Waals surface area contributed by atoms with Crippen molar-refractivity contribution in [2.45, 2.75) is 38.1 Å². The summed E-state index contributed by atoms with van der Waals surface area (Å²) < 4.78 is 5.37. The van der Waals surface area contributed by atoms with E-state index in [1.807, 2.05) is 11.9 Å². The molecule has 0 spiro atoms. The van der Waals surface area contributed by atoms with Crippen LogP contribution in [0.3, 0.4) is 0 Å². The number of ether oxygens (including phenoxy) is 1. The predicted molar refractivity (Wildman–Crippen MR) is 93.7 cm³/mol. The van der Waals surface area contributed by atoms with Gasteiger partial charge in [0.05, 0.1) is 13.2 Å². The maximum Gasteiger partial charge on any atom is 0.225 e. The van der Waals surface area contributed by atoms with E-state index in [1.165, 1.54) is 19.3 Å². The van der Waals surface area contributed by atoms with E-state index in [4.69, 9.17) is 10.5 Å². The summed E-state index contributed by atoms with van der Waals surface area (Å²) in [6.07, 6.45) is 5.77. The van der Waals surface area contributed by atoms with Crippen LogP contribution in [0.4, 0.5) is 0 Å². The summed E-state index contributed by atoms with van der Waals surface area (Å²) in [6.45, 7) is 5.42. The fraction of sp³-hybridized carbons (Fsp3) is 0.941. The van der Waals surface area contributed by atoms with Gasteiger partial charge in [-0.05, 0) is 37.5 Å². The van der Waals surface area contributed by atoms with Crippen LogP contribution in [0.1, 0.15) is 32.1 Å². The highest BCUT2D eigenvalue weighted by Crippen LogP contribution is 2.42. The van der Waals surface area contributed by atoms with Gasteiger partial charge in [0.2, 0.25) is 5.91 Å². The molecule has 0 aromatic rings. The molecule has 1 saturated heterocycles. The van der Waals surface area contributed by atoms with E-state index < -0.39 is 0 Å². The number of fused-ring (bicyclic) bond motifs is 2. The second-order valence-corrected chi connectivity index (χ2v) is 7.41. The minimum absolute atomic E-state index is 0. The number of nitrogens with zero attached hydrogens (tertiary/aromatic N) is 2. The lowest BCUT2D eigenvalue weighted by Crippen LogP contribution is -2.50. The Balaban J connectivity index is 0.00000192. The SMILES string of the molecule is CN(CCN1CCOCC1)C(=O)C1CC2CCCC(C1)C2N.Cl. The zero-order valence-corrected chi connectivity index (χ0v) is 15.1. The van der Waals surface area contributed by atoms with Gasteiger partial charge in [-0.15, -0.1) is 12.4 Å². The highest BCUT2D eigenvalue weighted by Gasteiger charge is 2.41. The molecule has 134 valence electrons. The number of likely N-dealkylation sites (N-methyl/N-ethyl adjacent to an activating group) is 1. The fourth-order valence-corrected chi connectivity index (χ4v) is 4.53. The molecule has 0 aromatic carbocycles. The van der Waals surface area contributed by atoms with Crippen LogP contribution in [0, 0.1) is 17.8 Å². The van der Waals surface area contributed by atoms with Crippen LogP contribution in [0.25, 0.3) is 0 Å². The Labute approximate surface area is 146 Å². The first-order valence-electron chi connectivity index (χ1n) is 8.96. The van der Waals surface area contributed by atoms with Crippen molar-refractivity contribution in [3.8, 4) is 0 Å². The Hall–Kier alpha value is -0.360. The van der Waals surface area contributed by atoms with Crippen LogP contribution in [0.15, 0.2) is 0 Å². The maximum absolute atomic E-state index is 12.8. The molecule has 3 aliphatic rings. The molecule has 23 heavy (non-hydrogen) atoms. The summed E-state index contributed by atoms with van der Waals surface area (Å²) >= 11 is 0. The number of carbonyl (C=O) groups excluding carboxylic acids is 1. The Kier molecular flexibility index (Phi) is 7.14. The molecule has 2 N–H and O–H groups in total. The van der Waals surface area contributed by atoms with Crippen molar-refractivity contribution >= 4 is 18.3 Å². The molecule has 2 unspecified atom stereocenters. The second kappa shape index (κ2) is 8.65. The summed E-state index contributed by atoms with van der Waals surface area (Å²) in [5.74, 6) is 1.71. The van der Waals surface area contributed by atoms with E-state index in [2.05, 4.69) is 4.90 Å². The van der Waals surface area contributed by atoms with E-state index in [0.717, 1.165) is 52.2 Å². The van der Waals surface area contributed by atoms with Crippen LogP contribution < -0.4 is 5.73 Å². The lowest BCUT2D eigenvalue weighted by molar-refractivity contribution is -0.137. The van der Waals surface area contributed by atoms with Crippen molar-refractivity contribution in [1.82, 2.24) is 9.80 Å². The number of nitrogens with two attached hydrogens (primary N) is 1. The topological polar surface area (TPSA) is 58.8 Å². The average molecular weight is 346 g/mol. The van der Waals surface area contributed by atoms with Gasteiger partial charge in [0, 0.05) is 45.2 Å². The zero-order chi connectivity index (χ0) is 15.5. The van der Waals surface area contributed by atoms with E-state index in [-0.39, 0.29) is 18.3 Å². The molecular formula is C17H32ClN3O2. The molecule has 2 atom stereocenters. The quantitative estimate of drug-likeness (QED) is 0.835. The zero-order valence-electron chi connectivity index (χ0n) is 14.3. The maximum atomic E-state index is 12.8. The third-order valence-electron chi connectivity index (χ3n) is 5.99. The number of amides is 1. The van der Waals surface area contributed by atoms with Crippen molar-refractivity contribution in [1.29, 1.82) is 0 Å². The predicted octanol–water partition coefficient (Wildman–Crippen LogP) is 1.35. The molecular weight excluding hydrogens is 314 g/mol. The van der Waals surface area contributed by atoms with Crippen LogP contribution >= 0.6 is 12.4 Å². The molecule has 2 bridgehead atoms. The molecule has 3 rings (SSSR count). The van der Waals surface area contributed by atoms with E-state index in [0.29, 0.717) is 23.8 Å². The number of morpholine rings is 1. The van der Waals surface area contributed by atoms with Crippen LogP contribution in [0.2, 0.25) is 0 Å². The molecule has 2 aliphatic carbocycles. The normalized spacial score (nSPS) is 34.5. The van der Waals surface area contributed by atoms with Gasteiger partial charge in [-0.2, -0.15) is 0 Å². The molecule has 2 saturated carbocycles. The molecule has 1 heterocycles. The van der Waals surface area contributed by atoms with Gasteiger partial charge in [-0.1, -0.05) is 6.42 Å². The fourth-order valence-electron chi connectivity index (χ4n) is 4.53. The van der Waals surface area contributed by atoms with Crippen molar-refractivity contribution < 1.29 is 9.53 Å². The Morgan fingerprint density at radius 1 is 1.22 bits per heavy atom. The molecule has 6 heteroatoms. The standard InChI is InChI=1S/C17H31N3O2.ClH/c1-19(5-6-20-7-9-22-10-8-20)17(21)15-11-13-3-2-4-14(12-15)16(13)18;/h13-16H,2-12,18H2,1H3;1H. The largest absolute Gasteiger partial charge is 0.379 e. The summed E-state index contributed by atoms with van der Waals surface area (Å²) in [6, 6.07) is 0.344. The Morgan fingerprint density at radius 2 is 1.83 bits per heavy atom. The number of carbonyl (C=O) groups is 1. The van der Waals surface area contributed by atoms with Crippen molar-refractivity contribution in [2.24, 2.45) is 23.5 Å². The van der Waals surface area contributed by atoms with E-state index >= 15 is 0 Å². The highest BCUT2D eigenvalue weighted by atomic mass is 35.5. The molecule has 3 fully saturated rings. The first-order chi connectivity index (χ1) is 10.6. The van der Waals surface area contributed by atoms with Gasteiger partial charge in [-0.3, -0.25) is 9.69 Å². The van der Waals surface area contributed by atoms with Gasteiger partial charge in [0.1, 0.15) is 0 Å². The first kappa shape index (κ1) is 19.0. The van der Waals surface area contributed by atoms with Gasteiger partial charge in [0.25, 0.3) is 0 Å². The van der Waals surface area contributed by atoms with Gasteiger partial charge in [0.15, 0.2) is 0 Å². The van der Waals surface area contributed by atoms with Crippen molar-refractivity contribution in [2.75, 3.05) is 46.4 Å². The van der Waals surface area contributed by atoms with Crippen LogP contribution in [-0.2, 0) is 9.53 Å².